The van der Waals surface area contributed by atoms with Gasteiger partial charge in [0.25, 0.3) is 10.0 Å². The van der Waals surface area contributed by atoms with Crippen LogP contribution in [0.3, 0.4) is 0 Å². The van der Waals surface area contributed by atoms with Crippen LogP contribution in [0.1, 0.15) is 62.1 Å². The molecule has 1 aliphatic rings. The van der Waals surface area contributed by atoms with Crippen LogP contribution in [-0.2, 0) is 26.2 Å². The van der Waals surface area contributed by atoms with Gasteiger partial charge in [-0.3, -0.25) is 13.9 Å². The normalized spacial score (nSPS) is 14.7. The molecular weight excluding hydrogens is 570 g/mol. The molecule has 0 aromatic heterocycles. The summed E-state index contributed by atoms with van der Waals surface area (Å²) in [6, 6.07) is 20.1. The summed E-state index contributed by atoms with van der Waals surface area (Å²) in [6.07, 6.45) is 5.53. The summed E-state index contributed by atoms with van der Waals surface area (Å²) < 4.78 is 29.2. The van der Waals surface area contributed by atoms with Gasteiger partial charge in [0.05, 0.1) is 10.6 Å². The minimum atomic E-state index is -4.15. The Balaban J connectivity index is 1.73. The molecule has 1 N–H and O–H groups in total. The quantitative estimate of drug-likeness (QED) is 0.272. The van der Waals surface area contributed by atoms with Crippen molar-refractivity contribution in [1.29, 1.82) is 0 Å². The number of benzene rings is 3. The van der Waals surface area contributed by atoms with Crippen LogP contribution in [0.4, 0.5) is 5.69 Å². The third-order valence-corrected chi connectivity index (χ3v) is 9.83. The number of carbonyl (C=O) groups excluding carboxylic acids is 2. The number of sulfonamides is 1. The minimum absolute atomic E-state index is 0.0597. The molecule has 1 atom stereocenters. The summed E-state index contributed by atoms with van der Waals surface area (Å²) in [6.45, 7) is 5.31. The molecule has 0 heterocycles. The fourth-order valence-corrected chi connectivity index (χ4v) is 7.21. The van der Waals surface area contributed by atoms with Gasteiger partial charge in [0.1, 0.15) is 12.6 Å². The molecule has 0 radical (unpaired) electrons. The molecule has 0 unspecified atom stereocenters. The summed E-state index contributed by atoms with van der Waals surface area (Å²) in [4.78, 5) is 29.5. The van der Waals surface area contributed by atoms with Crippen LogP contribution >= 0.6 is 11.6 Å². The highest BCUT2D eigenvalue weighted by atomic mass is 35.5. The zero-order valence-electron chi connectivity index (χ0n) is 24.6. The van der Waals surface area contributed by atoms with Crippen molar-refractivity contribution in [1.82, 2.24) is 10.2 Å². The third-order valence-electron chi connectivity index (χ3n) is 7.82. The molecule has 42 heavy (non-hydrogen) atoms. The number of anilines is 1. The number of nitrogens with one attached hydrogen (secondary N) is 1. The van der Waals surface area contributed by atoms with Crippen molar-refractivity contribution in [3.05, 3.63) is 94.5 Å². The number of nitrogens with zero attached hydrogens (tertiary/aromatic N) is 2. The van der Waals surface area contributed by atoms with Crippen molar-refractivity contribution in [2.75, 3.05) is 10.8 Å². The van der Waals surface area contributed by atoms with Crippen molar-refractivity contribution >= 4 is 39.1 Å². The molecule has 1 fully saturated rings. The molecule has 7 nitrogen and oxygen atoms in total. The van der Waals surface area contributed by atoms with Crippen molar-refractivity contribution in [3.63, 3.8) is 0 Å². The summed E-state index contributed by atoms with van der Waals surface area (Å²) in [7, 11) is -4.15. The number of hydrogen-bond donors (Lipinski definition) is 1. The number of halogens is 1. The second kappa shape index (κ2) is 14.2. The Morgan fingerprint density at radius 1 is 0.952 bits per heavy atom. The van der Waals surface area contributed by atoms with Gasteiger partial charge in [-0.05, 0) is 68.5 Å². The van der Waals surface area contributed by atoms with Gasteiger partial charge in [0.15, 0.2) is 0 Å². The van der Waals surface area contributed by atoms with Gasteiger partial charge >= 0.3 is 0 Å². The smallest absolute Gasteiger partial charge is 0.264 e. The van der Waals surface area contributed by atoms with E-state index in [4.69, 9.17) is 11.6 Å². The first kappa shape index (κ1) is 31.6. The van der Waals surface area contributed by atoms with Crippen LogP contribution in [0.5, 0.6) is 0 Å². The Bertz CT molecular complexity index is 1490. The first-order valence-corrected chi connectivity index (χ1v) is 16.4. The number of rotatable bonds is 11. The SMILES string of the molecule is CC[C@H](C(=O)NC1CCCCC1)N(Cc1cccc(C)c1)C(=O)CN(c1cc(Cl)ccc1C)S(=O)(=O)c1ccccc1. The van der Waals surface area contributed by atoms with E-state index in [2.05, 4.69) is 5.32 Å². The fraction of sp³-hybridized carbons (Fsp3) is 0.394. The Hall–Kier alpha value is -3.36. The second-order valence-corrected chi connectivity index (χ2v) is 13.3. The molecular formula is C33H40ClN3O4S. The van der Waals surface area contributed by atoms with E-state index in [0.29, 0.717) is 22.7 Å². The maximum absolute atomic E-state index is 14.3. The Morgan fingerprint density at radius 3 is 2.33 bits per heavy atom. The first-order valence-electron chi connectivity index (χ1n) is 14.6. The maximum Gasteiger partial charge on any atom is 0.264 e. The Morgan fingerprint density at radius 2 is 1.67 bits per heavy atom. The predicted molar refractivity (Wildman–Crippen MR) is 168 cm³/mol. The molecule has 1 saturated carbocycles. The zero-order chi connectivity index (χ0) is 30.3. The van der Waals surface area contributed by atoms with Crippen LogP contribution in [-0.4, -0.2) is 43.8 Å². The van der Waals surface area contributed by atoms with E-state index in [0.717, 1.165) is 47.5 Å². The lowest BCUT2D eigenvalue weighted by atomic mass is 9.95. The molecule has 1 aliphatic carbocycles. The van der Waals surface area contributed by atoms with E-state index < -0.39 is 28.5 Å². The van der Waals surface area contributed by atoms with Crippen LogP contribution in [0.2, 0.25) is 5.02 Å². The standard InChI is InChI=1S/C33H40ClN3O4S/c1-4-30(33(39)35-28-14-7-5-8-15-28)36(22-26-13-11-12-24(2)20-26)32(38)23-37(31-21-27(34)19-18-25(31)3)42(40,41)29-16-9-6-10-17-29/h6,9-13,16-21,28,30H,4-5,7-8,14-15,22-23H2,1-3H3,(H,35,39)/t30-/m1/s1. The molecule has 3 aromatic carbocycles. The summed E-state index contributed by atoms with van der Waals surface area (Å²) >= 11 is 6.32. The van der Waals surface area contributed by atoms with Gasteiger partial charge < -0.3 is 10.2 Å². The van der Waals surface area contributed by atoms with Gasteiger partial charge in [0, 0.05) is 17.6 Å². The number of aryl methyl sites for hydroxylation is 2. The second-order valence-electron chi connectivity index (χ2n) is 11.0. The van der Waals surface area contributed by atoms with Crippen LogP contribution in [0.25, 0.3) is 0 Å². The zero-order valence-corrected chi connectivity index (χ0v) is 26.1. The van der Waals surface area contributed by atoms with E-state index >= 15 is 0 Å². The lowest BCUT2D eigenvalue weighted by molar-refractivity contribution is -0.140. The topological polar surface area (TPSA) is 86.8 Å². The molecule has 0 aliphatic heterocycles. The van der Waals surface area contributed by atoms with Crippen molar-refractivity contribution in [2.24, 2.45) is 0 Å². The van der Waals surface area contributed by atoms with Crippen molar-refractivity contribution < 1.29 is 18.0 Å². The summed E-state index contributed by atoms with van der Waals surface area (Å²) in [5, 5.41) is 3.53. The van der Waals surface area contributed by atoms with Gasteiger partial charge in [-0.2, -0.15) is 0 Å². The van der Waals surface area contributed by atoms with Crippen LogP contribution in [0, 0.1) is 13.8 Å². The highest BCUT2D eigenvalue weighted by Gasteiger charge is 2.35. The lowest BCUT2D eigenvalue weighted by Gasteiger charge is -2.35. The monoisotopic (exact) mass is 609 g/mol. The van der Waals surface area contributed by atoms with Crippen molar-refractivity contribution in [3.8, 4) is 0 Å². The molecule has 0 bridgehead atoms. The summed E-state index contributed by atoms with van der Waals surface area (Å²) in [5.74, 6) is -0.678. The molecule has 9 heteroatoms. The number of hydrogen-bond acceptors (Lipinski definition) is 4. The minimum Gasteiger partial charge on any atom is -0.352 e. The van der Waals surface area contributed by atoms with E-state index in [-0.39, 0.29) is 23.4 Å². The van der Waals surface area contributed by atoms with E-state index in [1.165, 1.54) is 17.0 Å². The maximum atomic E-state index is 14.3. The van der Waals surface area contributed by atoms with Crippen LogP contribution < -0.4 is 9.62 Å². The molecule has 224 valence electrons. The lowest BCUT2D eigenvalue weighted by Crippen LogP contribution is -2.54. The third kappa shape index (κ3) is 7.72. The van der Waals surface area contributed by atoms with Crippen LogP contribution in [0.15, 0.2) is 77.7 Å². The van der Waals surface area contributed by atoms with Gasteiger partial charge in [0.2, 0.25) is 11.8 Å². The summed E-state index contributed by atoms with van der Waals surface area (Å²) in [5.41, 5.74) is 2.86. The van der Waals surface area contributed by atoms with Gasteiger partial charge in [-0.15, -0.1) is 0 Å². The number of carbonyl (C=O) groups is 2. The fourth-order valence-electron chi connectivity index (χ4n) is 5.56. The largest absolute Gasteiger partial charge is 0.352 e. The van der Waals surface area contributed by atoms with Gasteiger partial charge in [-0.25, -0.2) is 8.42 Å². The van der Waals surface area contributed by atoms with E-state index in [1.807, 2.05) is 38.1 Å². The van der Waals surface area contributed by atoms with Gasteiger partial charge in [-0.1, -0.05) is 91.9 Å². The molecule has 0 spiro atoms. The highest BCUT2D eigenvalue weighted by molar-refractivity contribution is 7.92. The average Bonchev–Trinajstić information content (AvgIpc) is 2.98. The Labute approximate surface area is 254 Å². The molecule has 2 amide bonds. The average molecular weight is 610 g/mol. The van der Waals surface area contributed by atoms with Crippen molar-refractivity contribution in [2.45, 2.75) is 82.8 Å². The molecule has 0 saturated heterocycles. The van der Waals surface area contributed by atoms with E-state index in [1.54, 1.807) is 43.3 Å². The number of amides is 2. The predicted octanol–water partition coefficient (Wildman–Crippen LogP) is 6.41. The first-order chi connectivity index (χ1) is 20.1. The molecule has 4 rings (SSSR count). The Kier molecular flexibility index (Phi) is 10.7. The molecule has 3 aromatic rings. The van der Waals surface area contributed by atoms with E-state index in [9.17, 15) is 18.0 Å². The highest BCUT2D eigenvalue weighted by Crippen LogP contribution is 2.30.